The molecule has 0 radical (unpaired) electrons. The van der Waals surface area contributed by atoms with Crippen molar-refractivity contribution >= 4 is 0 Å². The lowest BCUT2D eigenvalue weighted by molar-refractivity contribution is 0.270. The Bertz CT molecular complexity index is 363. The fourth-order valence-corrected chi connectivity index (χ4v) is 2.09. The molecule has 1 aromatic carbocycles. The molecular weight excluding hydrogens is 252 g/mol. The third-order valence-corrected chi connectivity index (χ3v) is 3.19. The van der Waals surface area contributed by atoms with Crippen LogP contribution in [0.5, 0.6) is 11.5 Å². The molecule has 1 rings (SSSR count). The van der Waals surface area contributed by atoms with Gasteiger partial charge in [0, 0.05) is 6.61 Å². The molecule has 0 amide bonds. The highest BCUT2D eigenvalue weighted by atomic mass is 16.5. The second-order valence-corrected chi connectivity index (χ2v) is 4.95. The quantitative estimate of drug-likeness (QED) is 0.623. The monoisotopic (exact) mass is 280 g/mol. The number of unbranched alkanes of at least 4 members (excludes halogenated alkanes) is 3. The van der Waals surface area contributed by atoms with E-state index in [1.807, 2.05) is 19.1 Å². The zero-order chi connectivity index (χ0) is 14.6. The fourth-order valence-electron chi connectivity index (χ4n) is 2.09. The van der Waals surface area contributed by atoms with Crippen molar-refractivity contribution in [2.75, 3.05) is 19.8 Å². The Morgan fingerprint density at radius 2 is 1.80 bits per heavy atom. The minimum Gasteiger partial charge on any atom is -0.490 e. The summed E-state index contributed by atoms with van der Waals surface area (Å²) < 4.78 is 11.5. The van der Waals surface area contributed by atoms with Crippen molar-refractivity contribution in [1.82, 2.24) is 0 Å². The summed E-state index contributed by atoms with van der Waals surface area (Å²) in [4.78, 5) is 0. The summed E-state index contributed by atoms with van der Waals surface area (Å²) in [6.07, 6.45) is 6.46. The molecule has 0 atom stereocenters. The van der Waals surface area contributed by atoms with Crippen LogP contribution in [0.4, 0.5) is 0 Å². The van der Waals surface area contributed by atoms with Crippen LogP contribution in [0.1, 0.15) is 51.5 Å². The van der Waals surface area contributed by atoms with Gasteiger partial charge in [-0.05, 0) is 43.9 Å². The maximum Gasteiger partial charge on any atom is 0.161 e. The zero-order valence-corrected chi connectivity index (χ0v) is 12.9. The number of hydrogen-bond acceptors (Lipinski definition) is 3. The number of aliphatic hydroxyl groups excluding tert-OH is 1. The molecule has 0 unspecified atom stereocenters. The zero-order valence-electron chi connectivity index (χ0n) is 12.9. The number of rotatable bonds is 11. The van der Waals surface area contributed by atoms with E-state index < -0.39 is 0 Å². The summed E-state index contributed by atoms with van der Waals surface area (Å²) in [5, 5.41) is 8.89. The van der Waals surface area contributed by atoms with Gasteiger partial charge < -0.3 is 14.6 Å². The Balaban J connectivity index is 2.54. The van der Waals surface area contributed by atoms with Gasteiger partial charge in [0.05, 0.1) is 13.2 Å². The maximum absolute atomic E-state index is 8.89. The Hall–Kier alpha value is -1.22. The van der Waals surface area contributed by atoms with Crippen LogP contribution in [0.2, 0.25) is 0 Å². The molecule has 3 nitrogen and oxygen atoms in total. The van der Waals surface area contributed by atoms with Gasteiger partial charge in [-0.3, -0.25) is 0 Å². The van der Waals surface area contributed by atoms with Gasteiger partial charge in [-0.25, -0.2) is 0 Å². The van der Waals surface area contributed by atoms with Gasteiger partial charge in [0.25, 0.3) is 0 Å². The number of hydrogen-bond donors (Lipinski definition) is 1. The molecule has 0 aliphatic carbocycles. The lowest BCUT2D eigenvalue weighted by Crippen LogP contribution is -2.02. The van der Waals surface area contributed by atoms with Crippen LogP contribution < -0.4 is 9.47 Å². The largest absolute Gasteiger partial charge is 0.490 e. The summed E-state index contributed by atoms with van der Waals surface area (Å²) in [6.45, 7) is 5.79. The van der Waals surface area contributed by atoms with Gasteiger partial charge in [0.1, 0.15) is 0 Å². The van der Waals surface area contributed by atoms with Gasteiger partial charge in [0.15, 0.2) is 11.5 Å². The number of benzene rings is 1. The predicted octanol–water partition coefficient (Wildman–Crippen LogP) is 3.97. The van der Waals surface area contributed by atoms with Crippen molar-refractivity contribution in [2.24, 2.45) is 0 Å². The maximum atomic E-state index is 8.89. The van der Waals surface area contributed by atoms with Crippen LogP contribution in [0, 0.1) is 0 Å². The van der Waals surface area contributed by atoms with Crippen LogP contribution in [-0.2, 0) is 6.42 Å². The van der Waals surface area contributed by atoms with Crippen LogP contribution >= 0.6 is 0 Å². The predicted molar refractivity (Wildman–Crippen MR) is 82.7 cm³/mol. The average Bonchev–Trinajstić information content (AvgIpc) is 2.47. The SMILES string of the molecule is CCCCCCOc1ccc(CCCO)cc1OCC. The van der Waals surface area contributed by atoms with Crippen LogP contribution in [0.3, 0.4) is 0 Å². The number of aryl methyl sites for hydroxylation is 1. The highest BCUT2D eigenvalue weighted by molar-refractivity contribution is 5.43. The topological polar surface area (TPSA) is 38.7 Å². The Morgan fingerprint density at radius 3 is 2.50 bits per heavy atom. The minimum atomic E-state index is 0.222. The third-order valence-electron chi connectivity index (χ3n) is 3.19. The summed E-state index contributed by atoms with van der Waals surface area (Å²) >= 11 is 0. The smallest absolute Gasteiger partial charge is 0.161 e. The summed E-state index contributed by atoms with van der Waals surface area (Å²) in [7, 11) is 0. The van der Waals surface area contributed by atoms with E-state index >= 15 is 0 Å². The van der Waals surface area contributed by atoms with Crippen molar-refractivity contribution in [1.29, 1.82) is 0 Å². The van der Waals surface area contributed by atoms with Crippen molar-refractivity contribution in [3.63, 3.8) is 0 Å². The Labute approximate surface area is 122 Å². The van der Waals surface area contributed by atoms with E-state index in [9.17, 15) is 0 Å². The van der Waals surface area contributed by atoms with Gasteiger partial charge in [-0.15, -0.1) is 0 Å². The van der Waals surface area contributed by atoms with Gasteiger partial charge in [-0.2, -0.15) is 0 Å². The number of aliphatic hydroxyl groups is 1. The molecule has 1 N–H and O–H groups in total. The molecule has 114 valence electrons. The molecular formula is C17H28O3. The minimum absolute atomic E-state index is 0.222. The first-order valence-electron chi connectivity index (χ1n) is 7.81. The molecule has 0 aromatic heterocycles. The second kappa shape index (κ2) is 10.6. The summed E-state index contributed by atoms with van der Waals surface area (Å²) in [5.74, 6) is 1.65. The summed E-state index contributed by atoms with van der Waals surface area (Å²) in [6, 6.07) is 6.07. The lowest BCUT2D eigenvalue weighted by atomic mass is 10.1. The first-order valence-corrected chi connectivity index (χ1v) is 7.81. The van der Waals surface area contributed by atoms with Gasteiger partial charge >= 0.3 is 0 Å². The van der Waals surface area contributed by atoms with Crippen molar-refractivity contribution in [3.8, 4) is 11.5 Å². The van der Waals surface area contributed by atoms with Crippen LogP contribution in [0.25, 0.3) is 0 Å². The number of ether oxygens (including phenoxy) is 2. The van der Waals surface area contributed by atoms with Crippen LogP contribution in [0.15, 0.2) is 18.2 Å². The highest BCUT2D eigenvalue weighted by Gasteiger charge is 2.06. The molecule has 0 bridgehead atoms. The second-order valence-electron chi connectivity index (χ2n) is 4.95. The molecule has 1 aromatic rings. The van der Waals surface area contributed by atoms with E-state index in [4.69, 9.17) is 14.6 Å². The molecule has 0 fully saturated rings. The third kappa shape index (κ3) is 6.29. The summed E-state index contributed by atoms with van der Waals surface area (Å²) in [5.41, 5.74) is 1.18. The first-order chi connectivity index (χ1) is 9.81. The first kappa shape index (κ1) is 16.8. The van der Waals surface area contributed by atoms with E-state index in [1.165, 1.54) is 24.8 Å². The molecule has 3 heteroatoms. The molecule has 0 saturated heterocycles. The average molecular weight is 280 g/mol. The van der Waals surface area contributed by atoms with E-state index in [0.29, 0.717) is 6.61 Å². The molecule has 0 aliphatic heterocycles. The molecule has 0 heterocycles. The highest BCUT2D eigenvalue weighted by Crippen LogP contribution is 2.29. The molecule has 0 saturated carbocycles. The van der Waals surface area contributed by atoms with E-state index in [1.54, 1.807) is 0 Å². The van der Waals surface area contributed by atoms with E-state index in [-0.39, 0.29) is 6.61 Å². The molecule has 0 aliphatic rings. The van der Waals surface area contributed by atoms with Crippen molar-refractivity contribution < 1.29 is 14.6 Å². The standard InChI is InChI=1S/C17H28O3/c1-3-5-6-7-13-20-16-11-10-15(9-8-12-18)14-17(16)19-4-2/h10-11,14,18H,3-9,12-13H2,1-2H3. The fraction of sp³-hybridized carbons (Fsp3) is 0.647. The molecule has 20 heavy (non-hydrogen) atoms. The van der Waals surface area contributed by atoms with E-state index in [0.717, 1.165) is 37.4 Å². The lowest BCUT2D eigenvalue weighted by Gasteiger charge is -2.13. The normalized spacial score (nSPS) is 10.6. The van der Waals surface area contributed by atoms with Gasteiger partial charge in [-0.1, -0.05) is 32.3 Å². The van der Waals surface area contributed by atoms with Crippen molar-refractivity contribution in [3.05, 3.63) is 23.8 Å². The van der Waals surface area contributed by atoms with E-state index in [2.05, 4.69) is 13.0 Å². The van der Waals surface area contributed by atoms with Crippen LogP contribution in [-0.4, -0.2) is 24.9 Å². The van der Waals surface area contributed by atoms with Gasteiger partial charge in [0.2, 0.25) is 0 Å². The Kier molecular flexibility index (Phi) is 8.88. The Morgan fingerprint density at radius 1 is 0.950 bits per heavy atom. The molecule has 0 spiro atoms. The van der Waals surface area contributed by atoms with Crippen molar-refractivity contribution in [2.45, 2.75) is 52.4 Å².